The lowest BCUT2D eigenvalue weighted by Crippen LogP contribution is -2.33. The quantitative estimate of drug-likeness (QED) is 0.383. The van der Waals surface area contributed by atoms with Crippen LogP contribution in [0.2, 0.25) is 0 Å². The molecular formula is C19H24BrN3O2S. The maximum atomic E-state index is 13.0. The zero-order valence-corrected chi connectivity index (χ0v) is 17.5. The van der Waals surface area contributed by atoms with Gasteiger partial charge in [0.05, 0.1) is 16.2 Å². The van der Waals surface area contributed by atoms with E-state index < -0.39 is 0 Å². The third-order valence-corrected chi connectivity index (χ3v) is 6.02. The van der Waals surface area contributed by atoms with Gasteiger partial charge in [-0.2, -0.15) is 0 Å². The Hall–Kier alpha value is -1.34. The fraction of sp³-hybridized carbons (Fsp3) is 0.526. The number of carbonyl (C=O) groups is 1. The zero-order valence-electron chi connectivity index (χ0n) is 15.1. The smallest absolute Gasteiger partial charge is 0.262 e. The largest absolute Gasteiger partial charge is 0.352 e. The molecule has 2 aromatic rings. The van der Waals surface area contributed by atoms with Crippen molar-refractivity contribution in [2.75, 3.05) is 0 Å². The first-order valence-electron chi connectivity index (χ1n) is 9.16. The predicted octanol–water partition coefficient (Wildman–Crippen LogP) is 4.11. The lowest BCUT2D eigenvalue weighted by atomic mass is 10.2. The average molecular weight is 438 g/mol. The first kappa shape index (κ1) is 19.4. The van der Waals surface area contributed by atoms with Gasteiger partial charge in [0.15, 0.2) is 5.16 Å². The molecule has 1 fully saturated rings. The third kappa shape index (κ3) is 4.68. The fourth-order valence-corrected chi connectivity index (χ4v) is 4.04. The molecule has 1 unspecified atom stereocenters. The Bertz CT molecular complexity index is 864. The number of carbonyl (C=O) groups excluding carboxylic acids is 1. The molecular weight excluding hydrogens is 414 g/mol. The van der Waals surface area contributed by atoms with E-state index in [0.29, 0.717) is 28.6 Å². The molecule has 1 N–H and O–H groups in total. The Kier molecular flexibility index (Phi) is 6.40. The number of unbranched alkanes of at least 4 members (excludes halogenated alkanes) is 2. The van der Waals surface area contributed by atoms with Crippen LogP contribution < -0.4 is 10.9 Å². The van der Waals surface area contributed by atoms with Crippen LogP contribution in [0.15, 0.2) is 32.6 Å². The monoisotopic (exact) mass is 437 g/mol. The summed E-state index contributed by atoms with van der Waals surface area (Å²) in [6.07, 6.45) is 5.20. The Morgan fingerprint density at radius 2 is 2.19 bits per heavy atom. The van der Waals surface area contributed by atoms with Crippen molar-refractivity contribution >= 4 is 44.5 Å². The standard InChI is InChI=1S/C19H24BrN3O2S/c1-3-4-5-10-23-18(25)15-11-13(20)6-9-16(15)22-19(23)26-12(2)17(24)21-14-7-8-14/h6,9,11-12,14H,3-5,7-8,10H2,1-2H3,(H,21,24). The number of fused-ring (bicyclic) bond motifs is 1. The van der Waals surface area contributed by atoms with E-state index in [1.807, 2.05) is 25.1 Å². The van der Waals surface area contributed by atoms with E-state index in [1.54, 1.807) is 4.57 Å². The second-order valence-corrected chi connectivity index (χ2v) is 8.99. The van der Waals surface area contributed by atoms with E-state index in [9.17, 15) is 9.59 Å². The van der Waals surface area contributed by atoms with Gasteiger partial charge in [-0.3, -0.25) is 14.2 Å². The van der Waals surface area contributed by atoms with Crippen molar-refractivity contribution in [2.24, 2.45) is 0 Å². The molecule has 0 spiro atoms. The van der Waals surface area contributed by atoms with Gasteiger partial charge in [-0.15, -0.1) is 0 Å². The van der Waals surface area contributed by atoms with Gasteiger partial charge in [0.1, 0.15) is 0 Å². The minimum Gasteiger partial charge on any atom is -0.352 e. The van der Waals surface area contributed by atoms with Gasteiger partial charge in [0.25, 0.3) is 5.56 Å². The molecule has 0 bridgehead atoms. The molecule has 1 atom stereocenters. The summed E-state index contributed by atoms with van der Waals surface area (Å²) in [5.74, 6) is 0.0164. The number of halogens is 1. The highest BCUT2D eigenvalue weighted by molar-refractivity contribution is 9.10. The SMILES string of the molecule is CCCCCn1c(SC(C)C(=O)NC2CC2)nc2ccc(Br)cc2c1=O. The molecule has 1 aromatic heterocycles. The van der Waals surface area contributed by atoms with Crippen molar-refractivity contribution in [3.05, 3.63) is 33.0 Å². The predicted molar refractivity (Wildman–Crippen MR) is 110 cm³/mol. The van der Waals surface area contributed by atoms with Crippen LogP contribution in [0.1, 0.15) is 46.0 Å². The summed E-state index contributed by atoms with van der Waals surface area (Å²) in [6.45, 7) is 4.64. The zero-order chi connectivity index (χ0) is 18.7. The van der Waals surface area contributed by atoms with E-state index in [-0.39, 0.29) is 16.7 Å². The highest BCUT2D eigenvalue weighted by atomic mass is 79.9. The van der Waals surface area contributed by atoms with Gasteiger partial charge in [-0.05, 0) is 44.4 Å². The summed E-state index contributed by atoms with van der Waals surface area (Å²) in [4.78, 5) is 30.0. The summed E-state index contributed by atoms with van der Waals surface area (Å²) in [5, 5.41) is 3.97. The molecule has 0 saturated heterocycles. The number of benzene rings is 1. The molecule has 26 heavy (non-hydrogen) atoms. The van der Waals surface area contributed by atoms with Crippen LogP contribution in [0.4, 0.5) is 0 Å². The topological polar surface area (TPSA) is 64.0 Å². The Labute approximate surface area is 166 Å². The molecule has 1 aliphatic rings. The van der Waals surface area contributed by atoms with Gasteiger partial charge >= 0.3 is 0 Å². The number of hydrogen-bond acceptors (Lipinski definition) is 4. The maximum absolute atomic E-state index is 13.0. The van der Waals surface area contributed by atoms with Crippen LogP contribution in [-0.4, -0.2) is 26.8 Å². The Morgan fingerprint density at radius 1 is 1.42 bits per heavy atom. The summed E-state index contributed by atoms with van der Waals surface area (Å²) in [5.41, 5.74) is 0.631. The van der Waals surface area contributed by atoms with Gasteiger partial charge in [0, 0.05) is 17.1 Å². The number of nitrogens with zero attached hydrogens (tertiary/aromatic N) is 2. The molecule has 7 heteroatoms. The van der Waals surface area contributed by atoms with Gasteiger partial charge in [0.2, 0.25) is 5.91 Å². The second-order valence-electron chi connectivity index (χ2n) is 6.76. The van der Waals surface area contributed by atoms with E-state index >= 15 is 0 Å². The molecule has 1 aromatic carbocycles. The molecule has 3 rings (SSSR count). The minimum absolute atomic E-state index is 0.0164. The second kappa shape index (κ2) is 8.57. The van der Waals surface area contributed by atoms with Crippen molar-refractivity contribution in [1.29, 1.82) is 0 Å². The minimum atomic E-state index is -0.284. The first-order valence-corrected chi connectivity index (χ1v) is 10.8. The summed E-state index contributed by atoms with van der Waals surface area (Å²) in [7, 11) is 0. The summed E-state index contributed by atoms with van der Waals surface area (Å²) in [6, 6.07) is 5.88. The molecule has 1 heterocycles. The third-order valence-electron chi connectivity index (χ3n) is 4.44. The van der Waals surface area contributed by atoms with E-state index in [1.165, 1.54) is 11.8 Å². The lowest BCUT2D eigenvalue weighted by Gasteiger charge is -2.16. The Balaban J connectivity index is 1.92. The average Bonchev–Trinajstić information content (AvgIpc) is 3.42. The number of nitrogens with one attached hydrogen (secondary N) is 1. The molecule has 1 amide bonds. The summed E-state index contributed by atoms with van der Waals surface area (Å²) >= 11 is 4.79. The van der Waals surface area contributed by atoms with E-state index in [4.69, 9.17) is 4.98 Å². The number of rotatable bonds is 8. The lowest BCUT2D eigenvalue weighted by molar-refractivity contribution is -0.120. The maximum Gasteiger partial charge on any atom is 0.262 e. The van der Waals surface area contributed by atoms with Crippen molar-refractivity contribution in [1.82, 2.24) is 14.9 Å². The van der Waals surface area contributed by atoms with Crippen LogP contribution in [-0.2, 0) is 11.3 Å². The van der Waals surface area contributed by atoms with Crippen LogP contribution >= 0.6 is 27.7 Å². The van der Waals surface area contributed by atoms with Crippen LogP contribution in [0.5, 0.6) is 0 Å². The van der Waals surface area contributed by atoms with E-state index in [0.717, 1.165) is 36.6 Å². The van der Waals surface area contributed by atoms with Crippen molar-refractivity contribution in [3.8, 4) is 0 Å². The van der Waals surface area contributed by atoms with Gasteiger partial charge in [-0.25, -0.2) is 4.98 Å². The first-order chi connectivity index (χ1) is 12.5. The van der Waals surface area contributed by atoms with Crippen molar-refractivity contribution < 1.29 is 4.79 Å². The molecule has 5 nitrogen and oxygen atoms in total. The fourth-order valence-electron chi connectivity index (χ4n) is 2.74. The highest BCUT2D eigenvalue weighted by Crippen LogP contribution is 2.26. The Morgan fingerprint density at radius 3 is 2.88 bits per heavy atom. The van der Waals surface area contributed by atoms with Crippen LogP contribution in [0.3, 0.4) is 0 Å². The van der Waals surface area contributed by atoms with Crippen LogP contribution in [0.25, 0.3) is 10.9 Å². The van der Waals surface area contributed by atoms with Crippen LogP contribution in [0, 0.1) is 0 Å². The van der Waals surface area contributed by atoms with Crippen molar-refractivity contribution in [2.45, 2.75) is 68.9 Å². The molecule has 0 aliphatic heterocycles. The number of hydrogen-bond donors (Lipinski definition) is 1. The molecule has 1 saturated carbocycles. The number of aromatic nitrogens is 2. The van der Waals surface area contributed by atoms with Crippen molar-refractivity contribution in [3.63, 3.8) is 0 Å². The highest BCUT2D eigenvalue weighted by Gasteiger charge is 2.27. The molecule has 140 valence electrons. The summed E-state index contributed by atoms with van der Waals surface area (Å²) < 4.78 is 2.59. The van der Waals surface area contributed by atoms with E-state index in [2.05, 4.69) is 28.2 Å². The van der Waals surface area contributed by atoms with Gasteiger partial charge < -0.3 is 5.32 Å². The molecule has 0 radical (unpaired) electrons. The normalized spacial score (nSPS) is 15.2. The molecule has 1 aliphatic carbocycles. The number of thioether (sulfide) groups is 1. The number of amides is 1. The van der Waals surface area contributed by atoms with Gasteiger partial charge in [-0.1, -0.05) is 47.5 Å².